The molecule has 0 saturated carbocycles. The predicted octanol–water partition coefficient (Wildman–Crippen LogP) is 1.83. The zero-order valence-corrected chi connectivity index (χ0v) is 11.1. The molecular formula is C13H23NO3. The minimum Gasteiger partial charge on any atom is -0.459 e. The van der Waals surface area contributed by atoms with Crippen molar-refractivity contribution in [2.75, 3.05) is 19.7 Å². The first kappa shape index (κ1) is 14.0. The summed E-state index contributed by atoms with van der Waals surface area (Å²) in [5, 5.41) is 0. The molecule has 1 aliphatic rings. The van der Waals surface area contributed by atoms with Gasteiger partial charge in [-0.3, -0.25) is 4.79 Å². The number of likely N-dealkylation sites (tertiary alicyclic amines) is 1. The Morgan fingerprint density at radius 3 is 2.59 bits per heavy atom. The molecule has 0 radical (unpaired) electrons. The summed E-state index contributed by atoms with van der Waals surface area (Å²) >= 11 is 0. The van der Waals surface area contributed by atoms with Gasteiger partial charge in [0.2, 0.25) is 0 Å². The first-order valence-electron chi connectivity index (χ1n) is 6.52. The molecule has 0 bridgehead atoms. The summed E-state index contributed by atoms with van der Waals surface area (Å²) in [7, 11) is 0. The van der Waals surface area contributed by atoms with Gasteiger partial charge in [0.05, 0.1) is 6.61 Å². The van der Waals surface area contributed by atoms with Gasteiger partial charge in [-0.25, -0.2) is 4.79 Å². The molecule has 98 valence electrons. The van der Waals surface area contributed by atoms with Crippen molar-refractivity contribution in [1.29, 1.82) is 0 Å². The van der Waals surface area contributed by atoms with Crippen LogP contribution in [0.15, 0.2) is 0 Å². The van der Waals surface area contributed by atoms with Gasteiger partial charge in [0, 0.05) is 13.1 Å². The molecule has 0 aromatic carbocycles. The van der Waals surface area contributed by atoms with Gasteiger partial charge in [0.25, 0.3) is 0 Å². The lowest BCUT2D eigenvalue weighted by Gasteiger charge is -2.20. The van der Waals surface area contributed by atoms with Crippen molar-refractivity contribution < 1.29 is 14.3 Å². The average Bonchev–Trinajstić information content (AvgIpc) is 2.53. The fraction of sp³-hybridized carbons (Fsp3) is 0.846. The fourth-order valence-electron chi connectivity index (χ4n) is 2.31. The van der Waals surface area contributed by atoms with Gasteiger partial charge in [-0.2, -0.15) is 0 Å². The van der Waals surface area contributed by atoms with Crippen molar-refractivity contribution in [3.63, 3.8) is 0 Å². The van der Waals surface area contributed by atoms with Gasteiger partial charge >= 0.3 is 11.9 Å². The van der Waals surface area contributed by atoms with E-state index in [9.17, 15) is 9.59 Å². The molecule has 1 fully saturated rings. The third-order valence-corrected chi connectivity index (χ3v) is 3.45. The Morgan fingerprint density at radius 1 is 1.29 bits per heavy atom. The largest absolute Gasteiger partial charge is 0.459 e. The fourth-order valence-corrected chi connectivity index (χ4v) is 2.31. The van der Waals surface area contributed by atoms with Crippen LogP contribution in [0.4, 0.5) is 0 Å². The van der Waals surface area contributed by atoms with Crippen LogP contribution in [0.1, 0.15) is 40.0 Å². The van der Waals surface area contributed by atoms with Gasteiger partial charge in [-0.1, -0.05) is 13.8 Å². The normalized spacial score (nSPS) is 21.2. The molecule has 1 unspecified atom stereocenters. The van der Waals surface area contributed by atoms with Gasteiger partial charge < -0.3 is 9.64 Å². The van der Waals surface area contributed by atoms with Crippen LogP contribution in [-0.4, -0.2) is 36.5 Å². The van der Waals surface area contributed by atoms with E-state index in [1.807, 2.05) is 0 Å². The Morgan fingerprint density at radius 2 is 2.00 bits per heavy atom. The summed E-state index contributed by atoms with van der Waals surface area (Å²) < 4.78 is 4.74. The van der Waals surface area contributed by atoms with Crippen molar-refractivity contribution in [2.45, 2.75) is 40.0 Å². The van der Waals surface area contributed by atoms with Crippen LogP contribution in [-0.2, 0) is 14.3 Å². The zero-order valence-electron chi connectivity index (χ0n) is 11.1. The lowest BCUT2D eigenvalue weighted by molar-refractivity contribution is -0.159. The molecule has 1 rings (SSSR count). The van der Waals surface area contributed by atoms with Gasteiger partial charge in [-0.05, 0) is 38.0 Å². The van der Waals surface area contributed by atoms with E-state index in [0.29, 0.717) is 24.9 Å². The molecule has 17 heavy (non-hydrogen) atoms. The van der Waals surface area contributed by atoms with Crippen LogP contribution in [0.2, 0.25) is 0 Å². The first-order valence-corrected chi connectivity index (χ1v) is 6.52. The van der Waals surface area contributed by atoms with Crippen LogP contribution < -0.4 is 0 Å². The monoisotopic (exact) mass is 241 g/mol. The summed E-state index contributed by atoms with van der Waals surface area (Å²) in [6, 6.07) is 0. The highest BCUT2D eigenvalue weighted by molar-refractivity contribution is 6.32. The quantitative estimate of drug-likeness (QED) is 0.547. The van der Waals surface area contributed by atoms with E-state index < -0.39 is 11.9 Å². The average molecular weight is 241 g/mol. The Balaban J connectivity index is 2.51. The summed E-state index contributed by atoms with van der Waals surface area (Å²) in [6.45, 7) is 7.76. The number of carbonyl (C=O) groups excluding carboxylic acids is 2. The molecule has 4 heteroatoms. The van der Waals surface area contributed by atoms with Crippen molar-refractivity contribution in [3.8, 4) is 0 Å². The molecule has 1 aliphatic heterocycles. The number of esters is 1. The summed E-state index contributed by atoms with van der Waals surface area (Å²) in [6.07, 6.45) is 3.11. The molecule has 4 nitrogen and oxygen atoms in total. The standard InChI is InChI=1S/C13H23NO3/c1-4-17-13(16)12(15)14-8-5-6-11(7-9-14)10(2)3/h10-11H,4-9H2,1-3H3. The summed E-state index contributed by atoms with van der Waals surface area (Å²) in [4.78, 5) is 24.8. The molecule has 0 aliphatic carbocycles. The molecule has 1 heterocycles. The summed E-state index contributed by atoms with van der Waals surface area (Å²) in [5.74, 6) is 0.120. The molecule has 0 aromatic heterocycles. The summed E-state index contributed by atoms with van der Waals surface area (Å²) in [5.41, 5.74) is 0. The van der Waals surface area contributed by atoms with E-state index in [-0.39, 0.29) is 6.61 Å². The topological polar surface area (TPSA) is 46.6 Å². The van der Waals surface area contributed by atoms with Gasteiger partial charge in [0.1, 0.15) is 0 Å². The number of rotatable bonds is 2. The molecule has 1 amide bonds. The van der Waals surface area contributed by atoms with Gasteiger partial charge in [-0.15, -0.1) is 0 Å². The van der Waals surface area contributed by atoms with E-state index in [0.717, 1.165) is 19.3 Å². The molecule has 0 N–H and O–H groups in total. The molecule has 0 spiro atoms. The van der Waals surface area contributed by atoms with Gasteiger partial charge in [0.15, 0.2) is 0 Å². The van der Waals surface area contributed by atoms with E-state index in [2.05, 4.69) is 13.8 Å². The van der Waals surface area contributed by atoms with E-state index >= 15 is 0 Å². The van der Waals surface area contributed by atoms with E-state index in [1.54, 1.807) is 11.8 Å². The highest BCUT2D eigenvalue weighted by atomic mass is 16.5. The van der Waals surface area contributed by atoms with Crippen LogP contribution in [0.25, 0.3) is 0 Å². The second-order valence-electron chi connectivity index (χ2n) is 4.95. The highest BCUT2D eigenvalue weighted by Crippen LogP contribution is 2.24. The highest BCUT2D eigenvalue weighted by Gasteiger charge is 2.26. The Kier molecular flexibility index (Phi) is 5.45. The van der Waals surface area contributed by atoms with Crippen LogP contribution in [0, 0.1) is 11.8 Å². The maximum atomic E-state index is 11.8. The number of ether oxygens (including phenoxy) is 1. The maximum Gasteiger partial charge on any atom is 0.397 e. The number of amides is 1. The van der Waals surface area contributed by atoms with Crippen molar-refractivity contribution in [2.24, 2.45) is 11.8 Å². The number of carbonyl (C=O) groups is 2. The maximum absolute atomic E-state index is 11.8. The minimum atomic E-state index is -0.713. The third-order valence-electron chi connectivity index (χ3n) is 3.45. The first-order chi connectivity index (χ1) is 8.06. The van der Waals surface area contributed by atoms with Crippen molar-refractivity contribution in [1.82, 2.24) is 4.90 Å². The van der Waals surface area contributed by atoms with Crippen LogP contribution >= 0.6 is 0 Å². The molecule has 1 atom stereocenters. The SMILES string of the molecule is CCOC(=O)C(=O)N1CCCC(C(C)C)CC1. The molecular weight excluding hydrogens is 218 g/mol. The third kappa shape index (κ3) is 4.02. The van der Waals surface area contributed by atoms with Crippen molar-refractivity contribution >= 4 is 11.9 Å². The Hall–Kier alpha value is -1.06. The Bertz CT molecular complexity index is 276. The lowest BCUT2D eigenvalue weighted by atomic mass is 9.89. The second kappa shape index (κ2) is 6.62. The minimum absolute atomic E-state index is 0.257. The van der Waals surface area contributed by atoms with Crippen molar-refractivity contribution in [3.05, 3.63) is 0 Å². The predicted molar refractivity (Wildman–Crippen MR) is 65.4 cm³/mol. The van der Waals surface area contributed by atoms with E-state index in [1.165, 1.54) is 0 Å². The smallest absolute Gasteiger partial charge is 0.397 e. The second-order valence-corrected chi connectivity index (χ2v) is 4.95. The number of hydrogen-bond donors (Lipinski definition) is 0. The molecule has 1 saturated heterocycles. The Labute approximate surface area is 103 Å². The van der Waals surface area contributed by atoms with Crippen LogP contribution in [0.5, 0.6) is 0 Å². The lowest BCUT2D eigenvalue weighted by Crippen LogP contribution is -2.38. The number of nitrogens with zero attached hydrogens (tertiary/aromatic N) is 1. The zero-order chi connectivity index (χ0) is 12.8. The number of hydrogen-bond acceptors (Lipinski definition) is 3. The van der Waals surface area contributed by atoms with E-state index in [4.69, 9.17) is 4.74 Å². The van der Waals surface area contributed by atoms with Crippen LogP contribution in [0.3, 0.4) is 0 Å². The molecule has 0 aromatic rings.